The summed E-state index contributed by atoms with van der Waals surface area (Å²) in [5, 5.41) is 0. The fourth-order valence-electron chi connectivity index (χ4n) is 3.95. The largest absolute Gasteiger partial charge is 0.362 e. The molecule has 112 valence electrons. The highest BCUT2D eigenvalue weighted by Gasteiger charge is 2.73. The second-order valence-corrected chi connectivity index (χ2v) is 6.88. The van der Waals surface area contributed by atoms with E-state index in [9.17, 15) is 14.4 Å². The molecule has 0 bridgehead atoms. The molecule has 0 radical (unpaired) electrons. The summed E-state index contributed by atoms with van der Waals surface area (Å²) in [6.45, 7) is 9.51. The first kappa shape index (κ1) is 14.4. The van der Waals surface area contributed by atoms with Gasteiger partial charge in [-0.15, -0.1) is 6.58 Å². The van der Waals surface area contributed by atoms with Crippen LogP contribution < -0.4 is 0 Å². The van der Waals surface area contributed by atoms with Gasteiger partial charge in [-0.25, -0.2) is 0 Å². The van der Waals surface area contributed by atoms with Gasteiger partial charge in [-0.1, -0.05) is 19.9 Å². The van der Waals surface area contributed by atoms with Crippen molar-refractivity contribution in [1.29, 1.82) is 0 Å². The SMILES string of the molecule is C=CCC1=C(C)[C@H](O[C@H]2C(=O)C(=O)C3C2C3(C)C)CC1=O. The minimum absolute atomic E-state index is 0.0242. The maximum Gasteiger partial charge on any atom is 0.227 e. The van der Waals surface area contributed by atoms with Crippen LogP contribution >= 0.6 is 0 Å². The molecule has 0 spiro atoms. The quantitative estimate of drug-likeness (QED) is 0.586. The fourth-order valence-corrected chi connectivity index (χ4v) is 3.95. The maximum absolute atomic E-state index is 12.0. The van der Waals surface area contributed by atoms with E-state index < -0.39 is 11.9 Å². The minimum Gasteiger partial charge on any atom is -0.362 e. The molecule has 3 aliphatic rings. The molecule has 0 aromatic carbocycles. The molecule has 0 N–H and O–H groups in total. The van der Waals surface area contributed by atoms with Crippen molar-refractivity contribution in [1.82, 2.24) is 0 Å². The summed E-state index contributed by atoms with van der Waals surface area (Å²) in [5.41, 5.74) is 1.46. The monoisotopic (exact) mass is 288 g/mol. The summed E-state index contributed by atoms with van der Waals surface area (Å²) in [7, 11) is 0. The molecule has 0 amide bonds. The summed E-state index contributed by atoms with van der Waals surface area (Å²) >= 11 is 0. The molecule has 4 nitrogen and oxygen atoms in total. The number of fused-ring (bicyclic) bond motifs is 1. The summed E-state index contributed by atoms with van der Waals surface area (Å²) in [6, 6.07) is 0. The zero-order valence-corrected chi connectivity index (χ0v) is 12.6. The van der Waals surface area contributed by atoms with Gasteiger partial charge >= 0.3 is 0 Å². The van der Waals surface area contributed by atoms with E-state index in [2.05, 4.69) is 6.58 Å². The third-order valence-electron chi connectivity index (χ3n) is 5.35. The topological polar surface area (TPSA) is 60.4 Å². The summed E-state index contributed by atoms with van der Waals surface area (Å²) in [6.07, 6.45) is 1.45. The summed E-state index contributed by atoms with van der Waals surface area (Å²) in [4.78, 5) is 35.9. The van der Waals surface area contributed by atoms with Gasteiger partial charge < -0.3 is 4.74 Å². The van der Waals surface area contributed by atoms with Crippen LogP contribution in [-0.2, 0) is 19.1 Å². The van der Waals surface area contributed by atoms with Crippen molar-refractivity contribution in [3.63, 3.8) is 0 Å². The number of carbonyl (C=O) groups excluding carboxylic acids is 3. The third kappa shape index (κ3) is 1.89. The second kappa shape index (κ2) is 4.47. The van der Waals surface area contributed by atoms with Gasteiger partial charge in [-0.2, -0.15) is 0 Å². The number of hydrogen-bond acceptors (Lipinski definition) is 4. The van der Waals surface area contributed by atoms with Crippen molar-refractivity contribution in [3.8, 4) is 0 Å². The average molecular weight is 288 g/mol. The summed E-state index contributed by atoms with van der Waals surface area (Å²) < 4.78 is 5.92. The Hall–Kier alpha value is -1.55. The van der Waals surface area contributed by atoms with Crippen molar-refractivity contribution in [2.45, 2.75) is 45.8 Å². The molecule has 4 heteroatoms. The highest BCUT2D eigenvalue weighted by Crippen LogP contribution is 2.65. The minimum atomic E-state index is -0.673. The Bertz CT molecular complexity index is 596. The Kier molecular flexibility index (Phi) is 3.06. The highest BCUT2D eigenvalue weighted by molar-refractivity contribution is 6.43. The van der Waals surface area contributed by atoms with E-state index in [1.165, 1.54) is 0 Å². The van der Waals surface area contributed by atoms with Crippen molar-refractivity contribution in [2.24, 2.45) is 17.3 Å². The van der Waals surface area contributed by atoms with E-state index in [0.29, 0.717) is 6.42 Å². The Labute approximate surface area is 124 Å². The predicted molar refractivity (Wildman–Crippen MR) is 76.6 cm³/mol. The number of ketones is 3. The average Bonchev–Trinajstić information content (AvgIpc) is 2.74. The highest BCUT2D eigenvalue weighted by atomic mass is 16.5. The number of rotatable bonds is 4. The number of hydrogen-bond donors (Lipinski definition) is 0. The van der Waals surface area contributed by atoms with Gasteiger partial charge in [-0.3, -0.25) is 14.4 Å². The van der Waals surface area contributed by atoms with Gasteiger partial charge in [0.2, 0.25) is 11.6 Å². The second-order valence-electron chi connectivity index (χ2n) is 6.88. The molecule has 3 rings (SSSR count). The Morgan fingerprint density at radius 1 is 1.29 bits per heavy atom. The van der Waals surface area contributed by atoms with Crippen LogP contribution in [0.4, 0.5) is 0 Å². The van der Waals surface area contributed by atoms with Crippen LogP contribution in [0.1, 0.15) is 33.6 Å². The molecule has 2 unspecified atom stereocenters. The van der Waals surface area contributed by atoms with Gasteiger partial charge in [0.05, 0.1) is 6.10 Å². The van der Waals surface area contributed by atoms with Crippen molar-refractivity contribution in [3.05, 3.63) is 23.8 Å². The summed E-state index contributed by atoms with van der Waals surface area (Å²) in [5.74, 6) is -0.873. The van der Waals surface area contributed by atoms with E-state index in [0.717, 1.165) is 11.1 Å². The molecule has 2 saturated carbocycles. The Morgan fingerprint density at radius 2 is 1.95 bits per heavy atom. The van der Waals surface area contributed by atoms with Gasteiger partial charge in [-0.05, 0) is 24.3 Å². The Morgan fingerprint density at radius 3 is 2.52 bits per heavy atom. The molecule has 2 fully saturated rings. The lowest BCUT2D eigenvalue weighted by Crippen LogP contribution is -2.34. The number of carbonyl (C=O) groups is 3. The van der Waals surface area contributed by atoms with Gasteiger partial charge in [0.15, 0.2) is 5.78 Å². The lowest BCUT2D eigenvalue weighted by Gasteiger charge is -2.21. The van der Waals surface area contributed by atoms with Crippen molar-refractivity contribution < 1.29 is 19.1 Å². The third-order valence-corrected chi connectivity index (χ3v) is 5.35. The lowest BCUT2D eigenvalue weighted by atomic mass is 9.97. The van der Waals surface area contributed by atoms with Crippen LogP contribution in [0, 0.1) is 17.3 Å². The molecule has 3 aliphatic carbocycles. The maximum atomic E-state index is 12.0. The molecule has 4 atom stereocenters. The van der Waals surface area contributed by atoms with Gasteiger partial charge in [0.25, 0.3) is 0 Å². The van der Waals surface area contributed by atoms with Crippen LogP contribution in [0.25, 0.3) is 0 Å². The van der Waals surface area contributed by atoms with Crippen molar-refractivity contribution in [2.75, 3.05) is 0 Å². The van der Waals surface area contributed by atoms with Crippen LogP contribution in [0.15, 0.2) is 23.8 Å². The van der Waals surface area contributed by atoms with Crippen LogP contribution in [0.5, 0.6) is 0 Å². The molecule has 21 heavy (non-hydrogen) atoms. The smallest absolute Gasteiger partial charge is 0.227 e. The normalized spacial score (nSPS) is 37.2. The van der Waals surface area contributed by atoms with Crippen molar-refractivity contribution >= 4 is 17.3 Å². The first-order valence-corrected chi connectivity index (χ1v) is 7.38. The zero-order chi connectivity index (χ0) is 15.5. The number of Topliss-reactive ketones (excluding diaryl/α,β-unsaturated/α-hetero) is 3. The van der Waals surface area contributed by atoms with E-state index in [4.69, 9.17) is 4.74 Å². The van der Waals surface area contributed by atoms with Crippen LogP contribution in [0.2, 0.25) is 0 Å². The number of ether oxygens (including phenoxy) is 1. The van der Waals surface area contributed by atoms with Crippen LogP contribution in [-0.4, -0.2) is 29.6 Å². The number of allylic oxidation sites excluding steroid dienone is 2. The van der Waals surface area contributed by atoms with E-state index in [1.54, 1.807) is 6.08 Å². The molecule has 0 heterocycles. The molecular weight excluding hydrogens is 268 g/mol. The van der Waals surface area contributed by atoms with E-state index >= 15 is 0 Å². The van der Waals surface area contributed by atoms with Gasteiger partial charge in [0, 0.05) is 23.8 Å². The first-order valence-electron chi connectivity index (χ1n) is 7.38. The van der Waals surface area contributed by atoms with Gasteiger partial charge in [0.1, 0.15) is 6.10 Å². The van der Waals surface area contributed by atoms with E-state index in [1.807, 2.05) is 20.8 Å². The lowest BCUT2D eigenvalue weighted by molar-refractivity contribution is -0.144. The predicted octanol–water partition coefficient (Wildman–Crippen LogP) is 2.03. The molecule has 0 aromatic rings. The zero-order valence-electron chi connectivity index (χ0n) is 12.6. The first-order chi connectivity index (χ1) is 9.80. The molecule has 0 aliphatic heterocycles. The fraction of sp³-hybridized carbons (Fsp3) is 0.588. The molecule has 0 saturated heterocycles. The van der Waals surface area contributed by atoms with E-state index in [-0.39, 0.29) is 41.3 Å². The molecule has 0 aromatic heterocycles. The molecular formula is C17H20O4. The Balaban J connectivity index is 1.79. The van der Waals surface area contributed by atoms with Crippen LogP contribution in [0.3, 0.4) is 0 Å². The standard InChI is InChI=1S/C17H20O4/c1-5-6-9-8(2)11(7-10(9)18)21-16-13-12(17(13,3)4)14(19)15(16)20/h5,11-13,16H,1,6-7H2,2-4H3/t11-,12?,13?,16-/m1/s1.